The number of aromatic nitrogens is 2. The summed E-state index contributed by atoms with van der Waals surface area (Å²) in [4.78, 5) is 0. The Hall–Kier alpha value is -0.870. The van der Waals surface area contributed by atoms with Crippen LogP contribution in [0.5, 0.6) is 0 Å². The summed E-state index contributed by atoms with van der Waals surface area (Å²) in [5, 5.41) is 7.65. The maximum atomic E-state index is 4.96. The van der Waals surface area contributed by atoms with Crippen molar-refractivity contribution in [1.82, 2.24) is 15.1 Å². The van der Waals surface area contributed by atoms with Gasteiger partial charge in [0, 0.05) is 38.5 Å². The molecule has 0 saturated heterocycles. The summed E-state index contributed by atoms with van der Waals surface area (Å²) in [7, 11) is 1.72. The van der Waals surface area contributed by atoms with E-state index in [1.807, 2.05) is 6.20 Å². The maximum Gasteiger partial charge on any atom is 0.0587 e. The van der Waals surface area contributed by atoms with Crippen LogP contribution in [0.3, 0.4) is 0 Å². The van der Waals surface area contributed by atoms with Gasteiger partial charge < -0.3 is 10.1 Å². The van der Waals surface area contributed by atoms with Gasteiger partial charge >= 0.3 is 0 Å². The van der Waals surface area contributed by atoms with E-state index < -0.39 is 0 Å². The Bertz CT molecular complexity index is 294. The minimum absolute atomic E-state index is 0.760. The lowest BCUT2D eigenvalue weighted by molar-refractivity contribution is 0.199. The standard InChI is InChI=1S/C11H19N3O/c1-15-5-4-12-6-11-7-13-14(9-11)8-10-2-3-10/h7,9-10,12H,2-6,8H2,1H3. The number of rotatable bonds is 7. The van der Waals surface area contributed by atoms with Gasteiger partial charge in [0.2, 0.25) is 0 Å². The molecule has 1 aliphatic carbocycles. The average Bonchev–Trinajstić information content (AvgIpc) is 2.93. The van der Waals surface area contributed by atoms with Gasteiger partial charge in [-0.15, -0.1) is 0 Å². The van der Waals surface area contributed by atoms with E-state index in [9.17, 15) is 0 Å². The summed E-state index contributed by atoms with van der Waals surface area (Å²) in [6, 6.07) is 0. The summed E-state index contributed by atoms with van der Waals surface area (Å²) < 4.78 is 7.02. The second-order valence-corrected chi connectivity index (χ2v) is 4.18. The van der Waals surface area contributed by atoms with Gasteiger partial charge in [-0.3, -0.25) is 4.68 Å². The van der Waals surface area contributed by atoms with Gasteiger partial charge in [0.05, 0.1) is 12.8 Å². The van der Waals surface area contributed by atoms with Crippen molar-refractivity contribution in [2.45, 2.75) is 25.9 Å². The van der Waals surface area contributed by atoms with Crippen molar-refractivity contribution in [3.63, 3.8) is 0 Å². The number of hydrogen-bond acceptors (Lipinski definition) is 3. The second kappa shape index (κ2) is 5.28. The van der Waals surface area contributed by atoms with Crippen molar-refractivity contribution in [3.05, 3.63) is 18.0 Å². The van der Waals surface area contributed by atoms with Crippen molar-refractivity contribution in [1.29, 1.82) is 0 Å². The number of ether oxygens (including phenoxy) is 1. The Morgan fingerprint density at radius 1 is 1.60 bits per heavy atom. The quantitative estimate of drug-likeness (QED) is 0.682. The molecule has 0 spiro atoms. The Morgan fingerprint density at radius 2 is 2.47 bits per heavy atom. The monoisotopic (exact) mass is 209 g/mol. The van der Waals surface area contributed by atoms with Crippen LogP contribution in [0.4, 0.5) is 0 Å². The molecule has 2 rings (SSSR count). The largest absolute Gasteiger partial charge is 0.383 e. The second-order valence-electron chi connectivity index (χ2n) is 4.18. The maximum absolute atomic E-state index is 4.96. The molecule has 1 aromatic heterocycles. The van der Waals surface area contributed by atoms with Crippen LogP contribution in [-0.2, 0) is 17.8 Å². The number of nitrogens with zero attached hydrogens (tertiary/aromatic N) is 2. The average molecular weight is 209 g/mol. The molecule has 0 amide bonds. The minimum atomic E-state index is 0.760. The van der Waals surface area contributed by atoms with Gasteiger partial charge in [-0.2, -0.15) is 5.10 Å². The summed E-state index contributed by atoms with van der Waals surface area (Å²) in [5.74, 6) is 0.888. The summed E-state index contributed by atoms with van der Waals surface area (Å²) in [5.41, 5.74) is 1.26. The first-order chi connectivity index (χ1) is 7.38. The molecule has 1 aromatic rings. The van der Waals surface area contributed by atoms with Crippen LogP contribution in [-0.4, -0.2) is 30.0 Å². The van der Waals surface area contributed by atoms with Crippen LogP contribution >= 0.6 is 0 Å². The lowest BCUT2D eigenvalue weighted by Gasteiger charge is -2.01. The van der Waals surface area contributed by atoms with Gasteiger partial charge in [0.15, 0.2) is 0 Å². The fourth-order valence-corrected chi connectivity index (χ4v) is 1.57. The van der Waals surface area contributed by atoms with E-state index in [0.29, 0.717) is 0 Å². The van der Waals surface area contributed by atoms with E-state index in [1.165, 1.54) is 18.4 Å². The summed E-state index contributed by atoms with van der Waals surface area (Å²) >= 11 is 0. The molecule has 0 aliphatic heterocycles. The number of hydrogen-bond donors (Lipinski definition) is 1. The first kappa shape index (κ1) is 10.6. The predicted molar refractivity (Wildman–Crippen MR) is 58.5 cm³/mol. The molecule has 4 heteroatoms. The van der Waals surface area contributed by atoms with Crippen LogP contribution in [0.15, 0.2) is 12.4 Å². The molecule has 0 radical (unpaired) electrons. The highest BCUT2D eigenvalue weighted by molar-refractivity contribution is 5.03. The van der Waals surface area contributed by atoms with E-state index >= 15 is 0 Å². The molecule has 0 bridgehead atoms. The highest BCUT2D eigenvalue weighted by Gasteiger charge is 2.21. The summed E-state index contributed by atoms with van der Waals surface area (Å²) in [6.07, 6.45) is 6.84. The third kappa shape index (κ3) is 3.64. The number of methoxy groups -OCH3 is 1. The van der Waals surface area contributed by atoms with E-state index in [1.54, 1.807) is 7.11 Å². The molecule has 1 heterocycles. The molecular weight excluding hydrogens is 190 g/mol. The topological polar surface area (TPSA) is 39.1 Å². The van der Waals surface area contributed by atoms with Crippen LogP contribution < -0.4 is 5.32 Å². The van der Waals surface area contributed by atoms with Crippen molar-refractivity contribution in [3.8, 4) is 0 Å². The molecule has 0 aromatic carbocycles. The van der Waals surface area contributed by atoms with Crippen LogP contribution in [0, 0.1) is 5.92 Å². The Morgan fingerprint density at radius 3 is 3.20 bits per heavy atom. The smallest absolute Gasteiger partial charge is 0.0587 e. The molecule has 1 fully saturated rings. The van der Waals surface area contributed by atoms with Crippen LogP contribution in [0.1, 0.15) is 18.4 Å². The van der Waals surface area contributed by atoms with Crippen LogP contribution in [0.2, 0.25) is 0 Å². The predicted octanol–water partition coefficient (Wildman–Crippen LogP) is 1.03. The zero-order chi connectivity index (χ0) is 10.5. The van der Waals surface area contributed by atoms with E-state index in [0.717, 1.165) is 32.2 Å². The van der Waals surface area contributed by atoms with Gasteiger partial charge in [-0.25, -0.2) is 0 Å². The van der Waals surface area contributed by atoms with E-state index in [4.69, 9.17) is 4.74 Å². The van der Waals surface area contributed by atoms with Crippen molar-refractivity contribution in [2.24, 2.45) is 5.92 Å². The first-order valence-electron chi connectivity index (χ1n) is 5.59. The molecule has 15 heavy (non-hydrogen) atoms. The van der Waals surface area contributed by atoms with Crippen molar-refractivity contribution >= 4 is 0 Å². The zero-order valence-corrected chi connectivity index (χ0v) is 9.28. The lowest BCUT2D eigenvalue weighted by atomic mass is 10.3. The molecule has 0 unspecified atom stereocenters. The fourth-order valence-electron chi connectivity index (χ4n) is 1.57. The SMILES string of the molecule is COCCNCc1cnn(CC2CC2)c1. The molecule has 4 nitrogen and oxygen atoms in total. The molecular formula is C11H19N3O. The molecule has 1 aliphatic rings. The van der Waals surface area contributed by atoms with Crippen molar-refractivity contribution < 1.29 is 4.74 Å². The Kier molecular flexibility index (Phi) is 3.75. The fraction of sp³-hybridized carbons (Fsp3) is 0.727. The number of nitrogens with one attached hydrogen (secondary N) is 1. The molecule has 84 valence electrons. The molecule has 1 saturated carbocycles. The van der Waals surface area contributed by atoms with E-state index in [2.05, 4.69) is 21.3 Å². The third-order valence-electron chi connectivity index (χ3n) is 2.64. The molecule has 1 N–H and O–H groups in total. The van der Waals surface area contributed by atoms with Crippen LogP contribution in [0.25, 0.3) is 0 Å². The van der Waals surface area contributed by atoms with Crippen molar-refractivity contribution in [2.75, 3.05) is 20.3 Å². The first-order valence-corrected chi connectivity index (χ1v) is 5.59. The lowest BCUT2D eigenvalue weighted by Crippen LogP contribution is -2.18. The Balaban J connectivity index is 1.69. The van der Waals surface area contributed by atoms with Gasteiger partial charge in [-0.1, -0.05) is 0 Å². The van der Waals surface area contributed by atoms with Gasteiger partial charge in [0.1, 0.15) is 0 Å². The third-order valence-corrected chi connectivity index (χ3v) is 2.64. The minimum Gasteiger partial charge on any atom is -0.383 e. The van der Waals surface area contributed by atoms with Gasteiger partial charge in [0.25, 0.3) is 0 Å². The molecule has 0 atom stereocenters. The highest BCUT2D eigenvalue weighted by Crippen LogP contribution is 2.30. The highest BCUT2D eigenvalue weighted by atomic mass is 16.5. The summed E-state index contributed by atoms with van der Waals surface area (Å²) in [6.45, 7) is 3.63. The normalized spacial score (nSPS) is 15.8. The zero-order valence-electron chi connectivity index (χ0n) is 9.28. The Labute approximate surface area is 90.6 Å². The van der Waals surface area contributed by atoms with Gasteiger partial charge in [-0.05, 0) is 18.8 Å². The van der Waals surface area contributed by atoms with E-state index in [-0.39, 0.29) is 0 Å².